The summed E-state index contributed by atoms with van der Waals surface area (Å²) in [7, 11) is 0. The van der Waals surface area contributed by atoms with E-state index in [4.69, 9.17) is 15.9 Å². The highest BCUT2D eigenvalue weighted by molar-refractivity contribution is 7.80. The first-order valence-corrected chi connectivity index (χ1v) is 6.83. The lowest BCUT2D eigenvalue weighted by Crippen LogP contribution is -2.57. The second-order valence-electron chi connectivity index (χ2n) is 4.51. The molecule has 22 heavy (non-hydrogen) atoms. The molecule has 10 nitrogen and oxygen atoms in total. The fourth-order valence-electron chi connectivity index (χ4n) is 1.33. The first kappa shape index (κ1) is 20.1. The Morgan fingerprint density at radius 2 is 1.59 bits per heavy atom. The maximum Gasteiger partial charge on any atom is 0.326 e. The predicted octanol–water partition coefficient (Wildman–Crippen LogP) is -2.85. The minimum atomic E-state index is -1.64. The van der Waals surface area contributed by atoms with Gasteiger partial charge in [-0.2, -0.15) is 12.6 Å². The van der Waals surface area contributed by atoms with Crippen LogP contribution in [-0.4, -0.2) is 69.1 Å². The number of aliphatic carboxylic acids is 2. The molecule has 0 spiro atoms. The van der Waals surface area contributed by atoms with Gasteiger partial charge in [0.2, 0.25) is 11.8 Å². The van der Waals surface area contributed by atoms with E-state index in [-0.39, 0.29) is 5.75 Å². The molecule has 2 amide bonds. The molecule has 0 saturated carbocycles. The van der Waals surface area contributed by atoms with Gasteiger partial charge in [0, 0.05) is 5.75 Å². The summed E-state index contributed by atoms with van der Waals surface area (Å²) in [6, 6.07) is -4.14. The van der Waals surface area contributed by atoms with Crippen LogP contribution in [0.4, 0.5) is 0 Å². The molecule has 0 aliphatic carbocycles. The largest absolute Gasteiger partial charge is 0.481 e. The number of rotatable bonds is 9. The Morgan fingerprint density at radius 3 is 1.95 bits per heavy atom. The molecular weight excluding hydrogens is 318 g/mol. The van der Waals surface area contributed by atoms with Crippen molar-refractivity contribution in [2.75, 3.05) is 5.75 Å². The van der Waals surface area contributed by atoms with E-state index in [0.717, 1.165) is 0 Å². The molecule has 126 valence electrons. The average molecular weight is 337 g/mol. The van der Waals surface area contributed by atoms with Gasteiger partial charge in [0.15, 0.2) is 0 Å². The van der Waals surface area contributed by atoms with Crippen LogP contribution in [-0.2, 0) is 19.2 Å². The quantitative estimate of drug-likeness (QED) is 0.220. The molecule has 0 aromatic rings. The highest BCUT2D eigenvalue weighted by Crippen LogP contribution is 1.98. The molecule has 0 bridgehead atoms. The molecule has 4 atom stereocenters. The SMILES string of the molecule is CC(O)C(N)C(=O)NC(CS)C(=O)NC(CC(=O)O)C(=O)O. The zero-order valence-electron chi connectivity index (χ0n) is 11.7. The van der Waals surface area contributed by atoms with E-state index >= 15 is 0 Å². The summed E-state index contributed by atoms with van der Waals surface area (Å²) in [6.45, 7) is 1.29. The van der Waals surface area contributed by atoms with Crippen molar-refractivity contribution in [3.63, 3.8) is 0 Å². The summed E-state index contributed by atoms with van der Waals surface area (Å²) in [5.41, 5.74) is 5.39. The molecule has 0 radical (unpaired) electrons. The monoisotopic (exact) mass is 337 g/mol. The van der Waals surface area contributed by atoms with Crippen LogP contribution in [0.25, 0.3) is 0 Å². The van der Waals surface area contributed by atoms with Crippen molar-refractivity contribution in [3.05, 3.63) is 0 Å². The lowest BCUT2D eigenvalue weighted by atomic mass is 10.1. The predicted molar refractivity (Wildman–Crippen MR) is 77.3 cm³/mol. The Labute approximate surface area is 131 Å². The Balaban J connectivity index is 4.80. The molecule has 0 aromatic heterocycles. The van der Waals surface area contributed by atoms with Crippen molar-refractivity contribution >= 4 is 36.4 Å². The number of nitrogens with two attached hydrogens (primary N) is 1. The van der Waals surface area contributed by atoms with Gasteiger partial charge in [0.05, 0.1) is 12.5 Å². The van der Waals surface area contributed by atoms with E-state index in [0.29, 0.717) is 0 Å². The van der Waals surface area contributed by atoms with Gasteiger partial charge in [0.1, 0.15) is 18.1 Å². The minimum absolute atomic E-state index is 0.177. The number of hydrogen-bond donors (Lipinski definition) is 7. The number of aliphatic hydroxyl groups excluding tert-OH is 1. The van der Waals surface area contributed by atoms with Crippen molar-refractivity contribution in [2.24, 2.45) is 5.73 Å². The van der Waals surface area contributed by atoms with Gasteiger partial charge < -0.3 is 31.7 Å². The van der Waals surface area contributed by atoms with E-state index in [1.165, 1.54) is 6.92 Å². The van der Waals surface area contributed by atoms with Crippen molar-refractivity contribution in [1.82, 2.24) is 10.6 Å². The molecule has 0 aliphatic rings. The van der Waals surface area contributed by atoms with Crippen LogP contribution >= 0.6 is 12.6 Å². The molecule has 4 unspecified atom stereocenters. The first-order chi connectivity index (χ1) is 10.1. The smallest absolute Gasteiger partial charge is 0.326 e. The summed E-state index contributed by atoms with van der Waals surface area (Å²) >= 11 is 3.85. The fraction of sp³-hybridized carbons (Fsp3) is 0.636. The minimum Gasteiger partial charge on any atom is -0.481 e. The van der Waals surface area contributed by atoms with Crippen LogP contribution in [0, 0.1) is 0 Å². The van der Waals surface area contributed by atoms with E-state index in [9.17, 15) is 24.3 Å². The molecule has 0 aliphatic heterocycles. The molecular formula is C11H19N3O7S. The number of aliphatic hydroxyl groups is 1. The number of hydrogen-bond acceptors (Lipinski definition) is 7. The normalized spacial score (nSPS) is 16.0. The van der Waals surface area contributed by atoms with E-state index in [2.05, 4.69) is 17.9 Å². The highest BCUT2D eigenvalue weighted by atomic mass is 32.1. The van der Waals surface area contributed by atoms with Crippen molar-refractivity contribution in [1.29, 1.82) is 0 Å². The number of thiol groups is 1. The third kappa shape index (κ3) is 6.74. The Kier molecular flexibility index (Phi) is 8.45. The molecule has 0 heterocycles. The van der Waals surface area contributed by atoms with Crippen LogP contribution in [0.2, 0.25) is 0 Å². The average Bonchev–Trinajstić information content (AvgIpc) is 2.41. The zero-order valence-corrected chi connectivity index (χ0v) is 12.6. The number of nitrogens with one attached hydrogen (secondary N) is 2. The number of amides is 2. The second-order valence-corrected chi connectivity index (χ2v) is 4.87. The third-order valence-corrected chi connectivity index (χ3v) is 3.00. The van der Waals surface area contributed by atoms with Crippen molar-refractivity contribution in [2.45, 2.75) is 37.6 Å². The van der Waals surface area contributed by atoms with Gasteiger partial charge in [-0.25, -0.2) is 4.79 Å². The standard InChI is InChI=1S/C11H19N3O7S/c1-4(15)8(12)10(19)14-6(3-22)9(18)13-5(11(20)21)2-7(16)17/h4-6,8,15,22H,2-3,12H2,1H3,(H,13,18)(H,14,19)(H,16,17)(H,20,21). The third-order valence-electron chi connectivity index (χ3n) is 2.63. The summed E-state index contributed by atoms with van der Waals surface area (Å²) < 4.78 is 0. The number of carboxylic acids is 2. The topological polar surface area (TPSA) is 179 Å². The van der Waals surface area contributed by atoms with E-state index in [1.807, 2.05) is 5.32 Å². The number of carbonyl (C=O) groups is 4. The maximum absolute atomic E-state index is 11.9. The second kappa shape index (κ2) is 9.23. The maximum atomic E-state index is 11.9. The fourth-order valence-corrected chi connectivity index (χ4v) is 1.59. The van der Waals surface area contributed by atoms with Crippen molar-refractivity contribution < 1.29 is 34.5 Å². The van der Waals surface area contributed by atoms with Gasteiger partial charge in [-0.15, -0.1) is 0 Å². The van der Waals surface area contributed by atoms with Crippen LogP contribution in [0.3, 0.4) is 0 Å². The molecule has 0 rings (SSSR count). The van der Waals surface area contributed by atoms with E-state index < -0.39 is 54.4 Å². The zero-order chi connectivity index (χ0) is 17.4. The van der Waals surface area contributed by atoms with Gasteiger partial charge in [-0.3, -0.25) is 14.4 Å². The van der Waals surface area contributed by atoms with Gasteiger partial charge in [-0.1, -0.05) is 0 Å². The Morgan fingerprint density at radius 1 is 1.09 bits per heavy atom. The molecule has 7 N–H and O–H groups in total. The van der Waals surface area contributed by atoms with Gasteiger partial charge in [0.25, 0.3) is 0 Å². The van der Waals surface area contributed by atoms with E-state index in [1.54, 1.807) is 0 Å². The highest BCUT2D eigenvalue weighted by Gasteiger charge is 2.29. The summed E-state index contributed by atoms with van der Waals surface area (Å²) in [5.74, 6) is -4.86. The lowest BCUT2D eigenvalue weighted by molar-refractivity contribution is -0.147. The molecule has 0 saturated heterocycles. The summed E-state index contributed by atoms with van der Waals surface area (Å²) in [4.78, 5) is 44.9. The van der Waals surface area contributed by atoms with Crippen LogP contribution in [0.5, 0.6) is 0 Å². The van der Waals surface area contributed by atoms with Crippen LogP contribution in [0.1, 0.15) is 13.3 Å². The number of carboxylic acid groups (broad SMARTS) is 2. The Bertz CT molecular complexity index is 443. The summed E-state index contributed by atoms with van der Waals surface area (Å²) in [6.07, 6.45) is -1.97. The van der Waals surface area contributed by atoms with Gasteiger partial charge >= 0.3 is 11.9 Å². The summed E-state index contributed by atoms with van der Waals surface area (Å²) in [5, 5.41) is 30.8. The van der Waals surface area contributed by atoms with Gasteiger partial charge in [-0.05, 0) is 6.92 Å². The number of carbonyl (C=O) groups excluding carboxylic acids is 2. The molecule has 0 fully saturated rings. The first-order valence-electron chi connectivity index (χ1n) is 6.20. The lowest BCUT2D eigenvalue weighted by Gasteiger charge is -2.22. The molecule has 11 heteroatoms. The van der Waals surface area contributed by atoms with Crippen molar-refractivity contribution in [3.8, 4) is 0 Å². The van der Waals surface area contributed by atoms with Crippen LogP contribution < -0.4 is 16.4 Å². The molecule has 0 aromatic carbocycles. The van der Waals surface area contributed by atoms with Crippen LogP contribution in [0.15, 0.2) is 0 Å². The Hall–Kier alpha value is -1.85.